The predicted molar refractivity (Wildman–Crippen MR) is 68.0 cm³/mol. The predicted octanol–water partition coefficient (Wildman–Crippen LogP) is 1.81. The fourth-order valence-corrected chi connectivity index (χ4v) is 2.59. The fourth-order valence-electron chi connectivity index (χ4n) is 2.59. The second kappa shape index (κ2) is 5.17. The van der Waals surface area contributed by atoms with Gasteiger partial charge in [-0.2, -0.15) is 0 Å². The number of carbonyl (C=O) groups excluding carboxylic acids is 1. The third-order valence-electron chi connectivity index (χ3n) is 3.48. The van der Waals surface area contributed by atoms with Crippen molar-refractivity contribution < 1.29 is 4.79 Å². The van der Waals surface area contributed by atoms with Crippen LogP contribution < -0.4 is 10.6 Å². The first-order chi connectivity index (χ1) is 8.18. The van der Waals surface area contributed by atoms with Crippen LogP contribution in [0, 0.1) is 5.92 Å². The molecule has 0 bridgehead atoms. The van der Waals surface area contributed by atoms with E-state index >= 15 is 0 Å². The fraction of sp³-hybridized carbons (Fsp3) is 0.538. The van der Waals surface area contributed by atoms with Gasteiger partial charge in [-0.3, -0.25) is 9.78 Å². The van der Waals surface area contributed by atoms with Crippen molar-refractivity contribution >= 4 is 11.6 Å². The van der Waals surface area contributed by atoms with Crippen LogP contribution in [0.25, 0.3) is 0 Å². The molecule has 92 valence electrons. The number of nitrogens with two attached hydrogens (primary N) is 1. The van der Waals surface area contributed by atoms with Crippen LogP contribution in [0.15, 0.2) is 18.5 Å². The van der Waals surface area contributed by atoms with Crippen LogP contribution in [-0.2, 0) is 0 Å². The first-order valence-electron chi connectivity index (χ1n) is 6.13. The van der Waals surface area contributed by atoms with Gasteiger partial charge >= 0.3 is 0 Å². The Bertz CT molecular complexity index is 399. The van der Waals surface area contributed by atoms with E-state index in [9.17, 15) is 4.79 Å². The van der Waals surface area contributed by atoms with E-state index < -0.39 is 5.91 Å². The molecule has 1 aromatic heterocycles. The zero-order valence-electron chi connectivity index (χ0n) is 10.2. The Hall–Kier alpha value is -1.58. The number of nitrogens with zero attached hydrogens (tertiary/aromatic N) is 2. The molecule has 0 aromatic carbocycles. The Labute approximate surface area is 102 Å². The zero-order chi connectivity index (χ0) is 12.3. The van der Waals surface area contributed by atoms with E-state index in [1.807, 2.05) is 13.1 Å². The molecule has 0 spiro atoms. The first-order valence-corrected chi connectivity index (χ1v) is 6.13. The van der Waals surface area contributed by atoms with Crippen molar-refractivity contribution in [2.75, 3.05) is 18.5 Å². The van der Waals surface area contributed by atoms with Crippen molar-refractivity contribution in [1.29, 1.82) is 0 Å². The van der Waals surface area contributed by atoms with Crippen molar-refractivity contribution in [1.82, 2.24) is 4.98 Å². The monoisotopic (exact) mass is 233 g/mol. The maximum atomic E-state index is 11.3. The van der Waals surface area contributed by atoms with E-state index in [1.54, 1.807) is 12.4 Å². The Kier molecular flexibility index (Phi) is 3.61. The average Bonchev–Trinajstić information content (AvgIpc) is 2.81. The van der Waals surface area contributed by atoms with Crippen LogP contribution in [0.2, 0.25) is 0 Å². The molecule has 1 amide bonds. The summed E-state index contributed by atoms with van der Waals surface area (Å²) in [4.78, 5) is 17.4. The molecule has 2 N–H and O–H groups in total. The van der Waals surface area contributed by atoms with Crippen molar-refractivity contribution in [2.45, 2.75) is 25.7 Å². The SMILES string of the molecule is CN(CC1CCCC1)c1ccncc1C(N)=O. The number of rotatable bonds is 4. The normalized spacial score (nSPS) is 16.1. The van der Waals surface area contributed by atoms with Gasteiger partial charge in [0.25, 0.3) is 5.91 Å². The number of carbonyl (C=O) groups is 1. The minimum atomic E-state index is -0.411. The summed E-state index contributed by atoms with van der Waals surface area (Å²) in [5.74, 6) is 0.334. The molecule has 0 radical (unpaired) electrons. The second-order valence-corrected chi connectivity index (χ2v) is 4.79. The quantitative estimate of drug-likeness (QED) is 0.862. The highest BCUT2D eigenvalue weighted by Gasteiger charge is 2.19. The lowest BCUT2D eigenvalue weighted by Crippen LogP contribution is -2.27. The molecule has 0 unspecified atom stereocenters. The Morgan fingerprint density at radius 3 is 2.88 bits per heavy atom. The molecule has 17 heavy (non-hydrogen) atoms. The standard InChI is InChI=1S/C13H19N3O/c1-16(9-10-4-2-3-5-10)12-6-7-15-8-11(12)13(14)17/h6-8,10H,2-5,9H2,1H3,(H2,14,17). The number of primary amides is 1. The lowest BCUT2D eigenvalue weighted by Gasteiger charge is -2.24. The molecule has 1 fully saturated rings. The van der Waals surface area contributed by atoms with Crippen molar-refractivity contribution in [2.24, 2.45) is 11.7 Å². The highest BCUT2D eigenvalue weighted by atomic mass is 16.1. The van der Waals surface area contributed by atoms with E-state index in [4.69, 9.17) is 5.73 Å². The topological polar surface area (TPSA) is 59.2 Å². The number of amides is 1. The molecule has 0 aliphatic heterocycles. The van der Waals surface area contributed by atoms with Crippen LogP contribution in [0.1, 0.15) is 36.0 Å². The molecule has 1 saturated carbocycles. The molecule has 4 nitrogen and oxygen atoms in total. The molecule has 2 rings (SSSR count). The molecule has 1 aromatic rings. The van der Waals surface area contributed by atoms with E-state index in [0.717, 1.165) is 18.2 Å². The number of pyridine rings is 1. The summed E-state index contributed by atoms with van der Waals surface area (Å²) in [6, 6.07) is 1.86. The summed E-state index contributed by atoms with van der Waals surface area (Å²) < 4.78 is 0. The van der Waals surface area contributed by atoms with E-state index in [0.29, 0.717) is 5.56 Å². The van der Waals surface area contributed by atoms with Gasteiger partial charge in [0.2, 0.25) is 0 Å². The lowest BCUT2D eigenvalue weighted by molar-refractivity contribution is 0.100. The summed E-state index contributed by atoms with van der Waals surface area (Å²) >= 11 is 0. The van der Waals surface area contributed by atoms with Gasteiger partial charge in [0.05, 0.1) is 11.3 Å². The highest BCUT2D eigenvalue weighted by molar-refractivity contribution is 5.98. The minimum Gasteiger partial charge on any atom is -0.374 e. The Balaban J connectivity index is 2.12. The zero-order valence-corrected chi connectivity index (χ0v) is 10.2. The van der Waals surface area contributed by atoms with Crippen LogP contribution in [-0.4, -0.2) is 24.5 Å². The Morgan fingerprint density at radius 2 is 2.24 bits per heavy atom. The van der Waals surface area contributed by atoms with Crippen LogP contribution in [0.3, 0.4) is 0 Å². The average molecular weight is 233 g/mol. The van der Waals surface area contributed by atoms with Gasteiger partial charge < -0.3 is 10.6 Å². The minimum absolute atomic E-state index is 0.411. The van der Waals surface area contributed by atoms with Gasteiger partial charge in [0.15, 0.2) is 0 Å². The van der Waals surface area contributed by atoms with E-state index in [2.05, 4.69) is 9.88 Å². The maximum absolute atomic E-state index is 11.3. The summed E-state index contributed by atoms with van der Waals surface area (Å²) in [5.41, 5.74) is 6.75. The summed E-state index contributed by atoms with van der Waals surface area (Å²) in [5, 5.41) is 0. The number of aromatic nitrogens is 1. The highest BCUT2D eigenvalue weighted by Crippen LogP contribution is 2.27. The lowest BCUT2D eigenvalue weighted by atomic mass is 10.1. The molecule has 1 aliphatic rings. The number of hydrogen-bond acceptors (Lipinski definition) is 3. The Morgan fingerprint density at radius 1 is 1.53 bits per heavy atom. The third kappa shape index (κ3) is 2.75. The first kappa shape index (κ1) is 11.9. The summed E-state index contributed by atoms with van der Waals surface area (Å²) in [6.45, 7) is 0.990. The number of hydrogen-bond donors (Lipinski definition) is 1. The van der Waals surface area contributed by atoms with E-state index in [-0.39, 0.29) is 0 Å². The van der Waals surface area contributed by atoms with Crippen molar-refractivity contribution in [3.63, 3.8) is 0 Å². The van der Waals surface area contributed by atoms with Gasteiger partial charge in [-0.15, -0.1) is 0 Å². The smallest absolute Gasteiger partial charge is 0.252 e. The van der Waals surface area contributed by atoms with Gasteiger partial charge in [-0.05, 0) is 24.8 Å². The summed E-state index contributed by atoms with van der Waals surface area (Å²) in [6.07, 6.45) is 8.49. The molecule has 4 heteroatoms. The molecule has 0 saturated heterocycles. The van der Waals surface area contributed by atoms with Crippen LogP contribution >= 0.6 is 0 Å². The second-order valence-electron chi connectivity index (χ2n) is 4.79. The van der Waals surface area contributed by atoms with Gasteiger partial charge in [0, 0.05) is 26.0 Å². The van der Waals surface area contributed by atoms with Crippen molar-refractivity contribution in [3.05, 3.63) is 24.0 Å². The third-order valence-corrected chi connectivity index (χ3v) is 3.48. The molecule has 1 aliphatic carbocycles. The largest absolute Gasteiger partial charge is 0.374 e. The molecular formula is C13H19N3O. The van der Waals surface area contributed by atoms with E-state index in [1.165, 1.54) is 25.7 Å². The van der Waals surface area contributed by atoms with Gasteiger partial charge in [-0.25, -0.2) is 0 Å². The van der Waals surface area contributed by atoms with Crippen LogP contribution in [0.4, 0.5) is 5.69 Å². The summed E-state index contributed by atoms with van der Waals surface area (Å²) in [7, 11) is 2.01. The maximum Gasteiger partial charge on any atom is 0.252 e. The molecule has 0 atom stereocenters. The van der Waals surface area contributed by atoms with Crippen LogP contribution in [0.5, 0.6) is 0 Å². The molecule has 1 heterocycles. The van der Waals surface area contributed by atoms with Gasteiger partial charge in [0.1, 0.15) is 0 Å². The molecular weight excluding hydrogens is 214 g/mol. The van der Waals surface area contributed by atoms with Gasteiger partial charge in [-0.1, -0.05) is 12.8 Å². The van der Waals surface area contributed by atoms with Crippen molar-refractivity contribution in [3.8, 4) is 0 Å². The number of anilines is 1.